The first-order valence-corrected chi connectivity index (χ1v) is 25.0. The first-order chi connectivity index (χ1) is 30.6. The first-order valence-electron chi connectivity index (χ1n) is 23.6. The number of carbonyl (C=O) groups is 1. The molecule has 9 heteroatoms. The number of quaternary nitrogens is 1. The molecule has 2 atom stereocenters. The predicted octanol–water partition coefficient (Wildman–Crippen LogP) is 13.9. The second-order valence-corrected chi connectivity index (χ2v) is 17.4. The normalized spacial score (nSPS) is 15.0. The Balaban J connectivity index is 4.44. The molecule has 0 saturated heterocycles. The number of nitrogens with zero attached hydrogens (tertiary/aromatic N) is 1. The Morgan fingerprint density at radius 2 is 0.857 bits per heavy atom. The van der Waals surface area contributed by atoms with Crippen LogP contribution in [0.3, 0.4) is 0 Å². The minimum Gasteiger partial charge on any atom is -0.756 e. The summed E-state index contributed by atoms with van der Waals surface area (Å²) in [4.78, 5) is 25.1. The Hall–Kier alpha value is -3.62. The highest BCUT2D eigenvalue weighted by molar-refractivity contribution is 7.45. The van der Waals surface area contributed by atoms with E-state index in [0.29, 0.717) is 24.1 Å². The Bertz CT molecular complexity index is 1500. The van der Waals surface area contributed by atoms with Crippen LogP contribution in [0.5, 0.6) is 0 Å². The van der Waals surface area contributed by atoms with Gasteiger partial charge in [-0.25, -0.2) is 0 Å². The summed E-state index contributed by atoms with van der Waals surface area (Å²) in [6, 6.07) is 0. The van der Waals surface area contributed by atoms with Crippen LogP contribution in [0.2, 0.25) is 0 Å². The number of hydrogen-bond donors (Lipinski definition) is 0. The van der Waals surface area contributed by atoms with Gasteiger partial charge in [-0.05, 0) is 109 Å². The van der Waals surface area contributed by atoms with Crippen molar-refractivity contribution >= 4 is 13.8 Å². The molecule has 0 aromatic rings. The van der Waals surface area contributed by atoms with E-state index >= 15 is 0 Å². The lowest BCUT2D eigenvalue weighted by molar-refractivity contribution is -0.870. The van der Waals surface area contributed by atoms with Gasteiger partial charge in [0.1, 0.15) is 19.3 Å². The third-order valence-electron chi connectivity index (χ3n) is 8.89. The van der Waals surface area contributed by atoms with Crippen molar-refractivity contribution in [1.29, 1.82) is 0 Å². The van der Waals surface area contributed by atoms with Crippen LogP contribution in [-0.4, -0.2) is 70.7 Å². The highest BCUT2D eigenvalue weighted by Crippen LogP contribution is 2.38. The molecular weight excluding hydrogens is 806 g/mol. The second kappa shape index (κ2) is 45.0. The molecule has 0 aliphatic rings. The van der Waals surface area contributed by atoms with E-state index in [1.807, 2.05) is 21.1 Å². The minimum absolute atomic E-state index is 0.00324. The SMILES string of the molecule is CC/C=C\C/C=C\C/C=C\C/C=C\C/C=C\C/C=C\C/C=C\CCCC(=O)OC(COCCCC/C=C\C/C=C\C/C=C\C/C=C\C/C=C\CC)COP(=O)([O-])OCC[N+](C)(C)C. The quantitative estimate of drug-likeness (QED) is 0.0198. The first kappa shape index (κ1) is 59.4. The smallest absolute Gasteiger partial charge is 0.306 e. The van der Waals surface area contributed by atoms with E-state index in [-0.39, 0.29) is 26.2 Å². The van der Waals surface area contributed by atoms with Crippen molar-refractivity contribution in [2.45, 2.75) is 136 Å². The molecule has 0 N–H and O–H groups in total. The van der Waals surface area contributed by atoms with Gasteiger partial charge >= 0.3 is 5.97 Å². The number of hydrogen-bond acceptors (Lipinski definition) is 7. The van der Waals surface area contributed by atoms with Crippen LogP contribution in [0.15, 0.2) is 146 Å². The van der Waals surface area contributed by atoms with E-state index in [1.165, 1.54) is 0 Å². The van der Waals surface area contributed by atoms with Gasteiger partial charge in [0.2, 0.25) is 0 Å². The van der Waals surface area contributed by atoms with E-state index in [1.54, 1.807) is 0 Å². The van der Waals surface area contributed by atoms with Crippen molar-refractivity contribution in [2.75, 3.05) is 54.1 Å². The lowest BCUT2D eigenvalue weighted by Gasteiger charge is -2.28. The summed E-state index contributed by atoms with van der Waals surface area (Å²) in [5, 5.41) is 0. The summed E-state index contributed by atoms with van der Waals surface area (Å²) in [6.07, 6.45) is 67.4. The van der Waals surface area contributed by atoms with E-state index in [4.69, 9.17) is 18.5 Å². The van der Waals surface area contributed by atoms with Gasteiger partial charge < -0.3 is 27.9 Å². The number of carbonyl (C=O) groups excluding carboxylic acids is 1. The molecule has 0 spiro atoms. The van der Waals surface area contributed by atoms with Gasteiger partial charge in [-0.3, -0.25) is 9.36 Å². The number of unbranched alkanes of at least 4 members (excludes halogenated alkanes) is 3. The number of rotatable bonds is 41. The van der Waals surface area contributed by atoms with Crippen molar-refractivity contribution in [3.8, 4) is 0 Å². The maximum atomic E-state index is 12.7. The Labute approximate surface area is 385 Å². The molecule has 0 bridgehead atoms. The molecule has 0 aromatic carbocycles. The average Bonchev–Trinajstić information content (AvgIpc) is 3.24. The summed E-state index contributed by atoms with van der Waals surface area (Å²) < 4.78 is 34.5. The summed E-state index contributed by atoms with van der Waals surface area (Å²) in [7, 11) is 1.26. The molecule has 0 fully saturated rings. The molecule has 0 aliphatic carbocycles. The molecule has 63 heavy (non-hydrogen) atoms. The molecule has 8 nitrogen and oxygen atoms in total. The van der Waals surface area contributed by atoms with Gasteiger partial charge in [-0.2, -0.15) is 0 Å². The van der Waals surface area contributed by atoms with Gasteiger partial charge in [-0.1, -0.05) is 160 Å². The highest BCUT2D eigenvalue weighted by Gasteiger charge is 2.20. The van der Waals surface area contributed by atoms with Crippen molar-refractivity contribution in [2.24, 2.45) is 0 Å². The van der Waals surface area contributed by atoms with Crippen LogP contribution in [0.4, 0.5) is 0 Å². The average molecular weight is 892 g/mol. The topological polar surface area (TPSA) is 94.1 Å². The van der Waals surface area contributed by atoms with Crippen LogP contribution in [0.25, 0.3) is 0 Å². The number of phosphoric ester groups is 1. The fourth-order valence-corrected chi connectivity index (χ4v) is 6.05. The van der Waals surface area contributed by atoms with Crippen molar-refractivity contribution in [1.82, 2.24) is 0 Å². The van der Waals surface area contributed by atoms with E-state index in [0.717, 1.165) is 103 Å². The minimum atomic E-state index is -4.57. The third kappa shape index (κ3) is 49.3. The van der Waals surface area contributed by atoms with Crippen LogP contribution in [0.1, 0.15) is 129 Å². The Kier molecular flexibility index (Phi) is 42.4. The monoisotopic (exact) mass is 892 g/mol. The summed E-state index contributed by atoms with van der Waals surface area (Å²) in [5.74, 6) is -0.414. The molecule has 0 radical (unpaired) electrons. The van der Waals surface area contributed by atoms with Crippen LogP contribution >= 0.6 is 7.82 Å². The maximum absolute atomic E-state index is 12.7. The predicted molar refractivity (Wildman–Crippen MR) is 267 cm³/mol. The summed E-state index contributed by atoms with van der Waals surface area (Å²) >= 11 is 0. The fraction of sp³-hybridized carbons (Fsp3) is 0.537. The third-order valence-corrected chi connectivity index (χ3v) is 9.85. The van der Waals surface area contributed by atoms with E-state index in [9.17, 15) is 14.3 Å². The van der Waals surface area contributed by atoms with Gasteiger partial charge in [0.05, 0.1) is 34.4 Å². The zero-order valence-corrected chi connectivity index (χ0v) is 40.8. The second-order valence-electron chi connectivity index (χ2n) is 16.0. The lowest BCUT2D eigenvalue weighted by atomic mass is 10.2. The van der Waals surface area contributed by atoms with Crippen LogP contribution in [-0.2, 0) is 27.9 Å². The number of ether oxygens (including phenoxy) is 2. The molecule has 0 aliphatic heterocycles. The number of allylic oxidation sites excluding steroid dienone is 24. The standard InChI is InChI=1S/C54H86NO7P/c1-6-8-10-12-14-16-18-20-22-24-26-27-28-29-30-31-33-35-37-39-41-43-45-47-54(56)62-53(52-61-63(57,58)60-50-48-55(3,4)5)51-59-49-46-44-42-40-38-36-34-32-25-23-21-19-17-15-13-11-9-7-2/h8-11,14-17,20-23,26-27,29-30,32-35,38-41,53H,6-7,12-13,18-19,24-25,28,31,36-37,42-52H2,1-5H3/b10-8-,11-9-,16-14-,17-15-,22-20-,23-21-,27-26-,30-29-,34-32-,35-33-,40-38-,41-39-. The van der Waals surface area contributed by atoms with Gasteiger partial charge in [0, 0.05) is 13.0 Å². The van der Waals surface area contributed by atoms with Gasteiger partial charge in [0.15, 0.2) is 0 Å². The highest BCUT2D eigenvalue weighted by atomic mass is 31.2. The van der Waals surface area contributed by atoms with Gasteiger partial charge in [-0.15, -0.1) is 0 Å². The van der Waals surface area contributed by atoms with E-state index in [2.05, 4.69) is 160 Å². The summed E-state index contributed by atoms with van der Waals surface area (Å²) in [5.41, 5.74) is 0. The molecule has 354 valence electrons. The molecule has 2 unspecified atom stereocenters. The lowest BCUT2D eigenvalue weighted by Crippen LogP contribution is -2.37. The molecule has 0 heterocycles. The summed E-state index contributed by atoms with van der Waals surface area (Å²) in [6.45, 7) is 4.93. The molecular formula is C54H86NO7P. The number of likely N-dealkylation sites (N-methyl/N-ethyl adjacent to an activating group) is 1. The Morgan fingerprint density at radius 1 is 0.492 bits per heavy atom. The van der Waals surface area contributed by atoms with E-state index < -0.39 is 19.9 Å². The number of phosphoric acid groups is 1. The molecule has 0 saturated carbocycles. The number of esters is 1. The maximum Gasteiger partial charge on any atom is 0.306 e. The molecule has 0 amide bonds. The molecule has 0 rings (SSSR count). The largest absolute Gasteiger partial charge is 0.756 e. The fourth-order valence-electron chi connectivity index (χ4n) is 5.32. The Morgan fingerprint density at radius 3 is 1.24 bits per heavy atom. The van der Waals surface area contributed by atoms with Crippen molar-refractivity contribution < 1.29 is 37.3 Å². The molecule has 0 aromatic heterocycles. The zero-order chi connectivity index (χ0) is 46.2. The van der Waals surface area contributed by atoms with Crippen molar-refractivity contribution in [3.05, 3.63) is 146 Å². The van der Waals surface area contributed by atoms with Gasteiger partial charge in [0.25, 0.3) is 7.82 Å². The zero-order valence-electron chi connectivity index (χ0n) is 39.9. The van der Waals surface area contributed by atoms with Crippen LogP contribution < -0.4 is 4.89 Å². The van der Waals surface area contributed by atoms with Crippen LogP contribution in [0, 0.1) is 0 Å². The van der Waals surface area contributed by atoms with Crippen molar-refractivity contribution in [3.63, 3.8) is 0 Å².